The Balaban J connectivity index is 2.03. The van der Waals surface area contributed by atoms with Gasteiger partial charge in [0.1, 0.15) is 18.1 Å². The minimum Gasteiger partial charge on any atom is -0.487 e. The van der Waals surface area contributed by atoms with Gasteiger partial charge in [-0.15, -0.1) is 0 Å². The third-order valence-electron chi connectivity index (χ3n) is 3.08. The van der Waals surface area contributed by atoms with Gasteiger partial charge in [0.25, 0.3) is 0 Å². The maximum absolute atomic E-state index is 5.80. The van der Waals surface area contributed by atoms with E-state index in [4.69, 9.17) is 4.74 Å². The van der Waals surface area contributed by atoms with Gasteiger partial charge in [0.2, 0.25) is 0 Å². The molecule has 2 N–H and O–H groups in total. The average molecular weight is 259 g/mol. The number of nitrogens with one attached hydrogen (secondary N) is 2. The Kier molecular flexibility index (Phi) is 4.58. The first kappa shape index (κ1) is 13.6. The fraction of sp³-hybridized carbons (Fsp3) is 0.400. The summed E-state index contributed by atoms with van der Waals surface area (Å²) in [7, 11) is 0. The molecule has 0 aliphatic heterocycles. The van der Waals surface area contributed by atoms with Crippen LogP contribution in [0.4, 0.5) is 0 Å². The van der Waals surface area contributed by atoms with E-state index in [2.05, 4.69) is 35.4 Å². The zero-order valence-electron chi connectivity index (χ0n) is 11.8. The van der Waals surface area contributed by atoms with Gasteiger partial charge in [-0.3, -0.25) is 5.10 Å². The van der Waals surface area contributed by atoms with E-state index in [1.54, 1.807) is 0 Å². The molecule has 0 saturated carbocycles. The van der Waals surface area contributed by atoms with Crippen LogP contribution in [-0.2, 0) is 13.2 Å². The smallest absolute Gasteiger partial charge is 0.132 e. The Morgan fingerprint density at radius 1 is 1.32 bits per heavy atom. The number of rotatable bonds is 6. The van der Waals surface area contributed by atoms with Crippen LogP contribution in [0.2, 0.25) is 0 Å². The summed E-state index contributed by atoms with van der Waals surface area (Å²) in [5, 5.41) is 10.7. The van der Waals surface area contributed by atoms with E-state index in [-0.39, 0.29) is 0 Å². The molecule has 0 bridgehead atoms. The Bertz CT molecular complexity index is 534. The molecule has 0 saturated heterocycles. The van der Waals surface area contributed by atoms with Crippen LogP contribution in [0, 0.1) is 13.8 Å². The van der Waals surface area contributed by atoms with Crippen molar-refractivity contribution in [3.63, 3.8) is 0 Å². The summed E-state index contributed by atoms with van der Waals surface area (Å²) in [6.45, 7) is 8.46. The third kappa shape index (κ3) is 3.58. The monoisotopic (exact) mass is 259 g/mol. The van der Waals surface area contributed by atoms with Gasteiger partial charge in [0, 0.05) is 17.8 Å². The number of aryl methyl sites for hydroxylation is 2. The SMILES string of the molecule is CCNCc1c(COc2cccc(C)c2)n[nH]c1C. The quantitative estimate of drug-likeness (QED) is 0.838. The zero-order valence-corrected chi connectivity index (χ0v) is 11.8. The van der Waals surface area contributed by atoms with Gasteiger partial charge in [-0.05, 0) is 38.1 Å². The van der Waals surface area contributed by atoms with Crippen molar-refractivity contribution in [2.45, 2.75) is 33.9 Å². The molecule has 1 aromatic heterocycles. The van der Waals surface area contributed by atoms with E-state index >= 15 is 0 Å². The maximum Gasteiger partial charge on any atom is 0.132 e. The van der Waals surface area contributed by atoms with Crippen molar-refractivity contribution >= 4 is 0 Å². The second kappa shape index (κ2) is 6.38. The van der Waals surface area contributed by atoms with Crippen molar-refractivity contribution in [2.24, 2.45) is 0 Å². The number of aromatic nitrogens is 2. The highest BCUT2D eigenvalue weighted by Crippen LogP contribution is 2.16. The molecule has 4 heteroatoms. The number of ether oxygens (including phenoxy) is 1. The molecule has 0 atom stereocenters. The van der Waals surface area contributed by atoms with Gasteiger partial charge in [0.05, 0.1) is 0 Å². The molecule has 0 aliphatic carbocycles. The molecule has 102 valence electrons. The van der Waals surface area contributed by atoms with Crippen molar-refractivity contribution in [1.29, 1.82) is 0 Å². The number of H-pyrrole nitrogens is 1. The predicted molar refractivity (Wildman–Crippen MR) is 76.2 cm³/mol. The fourth-order valence-corrected chi connectivity index (χ4v) is 1.96. The van der Waals surface area contributed by atoms with Crippen molar-refractivity contribution in [2.75, 3.05) is 6.54 Å². The Labute approximate surface area is 114 Å². The van der Waals surface area contributed by atoms with Gasteiger partial charge in [-0.1, -0.05) is 19.1 Å². The van der Waals surface area contributed by atoms with Crippen LogP contribution in [0.25, 0.3) is 0 Å². The molecule has 1 heterocycles. The van der Waals surface area contributed by atoms with Crippen LogP contribution in [0.1, 0.15) is 29.4 Å². The molecular weight excluding hydrogens is 238 g/mol. The van der Waals surface area contributed by atoms with E-state index in [0.717, 1.165) is 30.2 Å². The normalized spacial score (nSPS) is 10.7. The Hall–Kier alpha value is -1.81. The summed E-state index contributed by atoms with van der Waals surface area (Å²) < 4.78 is 5.80. The molecule has 0 aliphatic rings. The zero-order chi connectivity index (χ0) is 13.7. The third-order valence-corrected chi connectivity index (χ3v) is 3.08. The Morgan fingerprint density at radius 3 is 2.89 bits per heavy atom. The van der Waals surface area contributed by atoms with Crippen molar-refractivity contribution in [1.82, 2.24) is 15.5 Å². The van der Waals surface area contributed by atoms with Crippen LogP contribution in [0.5, 0.6) is 5.75 Å². The average Bonchev–Trinajstić information content (AvgIpc) is 2.75. The molecule has 0 fully saturated rings. The van der Waals surface area contributed by atoms with Crippen LogP contribution in [-0.4, -0.2) is 16.7 Å². The highest BCUT2D eigenvalue weighted by atomic mass is 16.5. The highest BCUT2D eigenvalue weighted by Gasteiger charge is 2.10. The van der Waals surface area contributed by atoms with E-state index in [1.807, 2.05) is 25.1 Å². The molecule has 0 unspecified atom stereocenters. The van der Waals surface area contributed by atoms with Crippen LogP contribution in [0.3, 0.4) is 0 Å². The first-order chi connectivity index (χ1) is 9.20. The van der Waals surface area contributed by atoms with Gasteiger partial charge >= 0.3 is 0 Å². The molecule has 4 nitrogen and oxygen atoms in total. The molecular formula is C15H21N3O. The summed E-state index contributed by atoms with van der Waals surface area (Å²) in [5.74, 6) is 0.884. The molecule has 0 spiro atoms. The Morgan fingerprint density at radius 2 is 2.16 bits per heavy atom. The van der Waals surface area contributed by atoms with Crippen molar-refractivity contribution in [3.8, 4) is 5.75 Å². The van der Waals surface area contributed by atoms with E-state index < -0.39 is 0 Å². The lowest BCUT2D eigenvalue weighted by atomic mass is 10.2. The number of nitrogens with zero attached hydrogens (tertiary/aromatic N) is 1. The topological polar surface area (TPSA) is 49.9 Å². The number of aromatic amines is 1. The van der Waals surface area contributed by atoms with E-state index in [9.17, 15) is 0 Å². The van der Waals surface area contributed by atoms with Gasteiger partial charge in [-0.2, -0.15) is 5.10 Å². The van der Waals surface area contributed by atoms with Gasteiger partial charge < -0.3 is 10.1 Å². The lowest BCUT2D eigenvalue weighted by molar-refractivity contribution is 0.299. The van der Waals surface area contributed by atoms with Gasteiger partial charge in [0.15, 0.2) is 0 Å². The van der Waals surface area contributed by atoms with Crippen LogP contribution < -0.4 is 10.1 Å². The predicted octanol–water partition coefficient (Wildman–Crippen LogP) is 2.72. The summed E-state index contributed by atoms with van der Waals surface area (Å²) >= 11 is 0. The number of hydrogen-bond donors (Lipinski definition) is 2. The minimum atomic E-state index is 0.495. The van der Waals surface area contributed by atoms with Crippen LogP contribution in [0.15, 0.2) is 24.3 Å². The van der Waals surface area contributed by atoms with Crippen LogP contribution >= 0.6 is 0 Å². The summed E-state index contributed by atoms with van der Waals surface area (Å²) in [6.07, 6.45) is 0. The lowest BCUT2D eigenvalue weighted by Crippen LogP contribution is -2.14. The molecule has 0 radical (unpaired) electrons. The minimum absolute atomic E-state index is 0.495. The van der Waals surface area contributed by atoms with E-state index in [0.29, 0.717) is 6.61 Å². The second-order valence-corrected chi connectivity index (χ2v) is 4.66. The molecule has 0 amide bonds. The van der Waals surface area contributed by atoms with Gasteiger partial charge in [-0.25, -0.2) is 0 Å². The number of hydrogen-bond acceptors (Lipinski definition) is 3. The first-order valence-corrected chi connectivity index (χ1v) is 6.63. The van der Waals surface area contributed by atoms with Crippen molar-refractivity contribution in [3.05, 3.63) is 46.8 Å². The molecule has 19 heavy (non-hydrogen) atoms. The highest BCUT2D eigenvalue weighted by molar-refractivity contribution is 5.29. The fourth-order valence-electron chi connectivity index (χ4n) is 1.96. The summed E-state index contributed by atoms with van der Waals surface area (Å²) in [5.41, 5.74) is 4.47. The molecule has 2 aromatic rings. The maximum atomic E-state index is 5.80. The lowest BCUT2D eigenvalue weighted by Gasteiger charge is -2.07. The summed E-state index contributed by atoms with van der Waals surface area (Å²) in [6, 6.07) is 8.06. The first-order valence-electron chi connectivity index (χ1n) is 6.63. The van der Waals surface area contributed by atoms with E-state index in [1.165, 1.54) is 11.1 Å². The number of benzene rings is 1. The second-order valence-electron chi connectivity index (χ2n) is 4.66. The molecule has 1 aromatic carbocycles. The van der Waals surface area contributed by atoms with Crippen molar-refractivity contribution < 1.29 is 4.74 Å². The largest absolute Gasteiger partial charge is 0.487 e. The summed E-state index contributed by atoms with van der Waals surface area (Å²) in [4.78, 5) is 0. The molecule has 2 rings (SSSR count). The standard InChI is InChI=1S/C15H21N3O/c1-4-16-9-14-12(3)17-18-15(14)10-19-13-7-5-6-11(2)8-13/h5-8,16H,4,9-10H2,1-3H3,(H,17,18).